The molecule has 1 aliphatic heterocycles. The molecule has 6 heteroatoms. The van der Waals surface area contributed by atoms with Crippen LogP contribution in [0, 0.1) is 0 Å². The minimum absolute atomic E-state index is 0.253. The molecule has 2 rings (SSSR count). The largest absolute Gasteiger partial charge is 0.298 e. The van der Waals surface area contributed by atoms with E-state index in [4.69, 9.17) is 0 Å². The zero-order chi connectivity index (χ0) is 12.3. The average Bonchev–Trinajstić information content (AvgIpc) is 2.86. The molecule has 0 unspecified atom stereocenters. The van der Waals surface area contributed by atoms with Gasteiger partial charge in [0.15, 0.2) is 0 Å². The predicted molar refractivity (Wildman–Crippen MR) is 66.5 cm³/mol. The van der Waals surface area contributed by atoms with Crippen LogP contribution in [-0.4, -0.2) is 54.2 Å². The van der Waals surface area contributed by atoms with Crippen molar-refractivity contribution in [1.82, 2.24) is 14.7 Å². The van der Waals surface area contributed by atoms with E-state index in [1.54, 1.807) is 6.20 Å². The lowest BCUT2D eigenvalue weighted by atomic mass is 10.2. The van der Waals surface area contributed by atoms with E-state index in [9.17, 15) is 8.42 Å². The van der Waals surface area contributed by atoms with Crippen LogP contribution in [0.1, 0.15) is 12.8 Å². The first-order valence-electron chi connectivity index (χ1n) is 5.94. The maximum Gasteiger partial charge on any atom is 0.148 e. The zero-order valence-electron chi connectivity index (χ0n) is 10.1. The Morgan fingerprint density at radius 1 is 1.47 bits per heavy atom. The van der Waals surface area contributed by atoms with E-state index in [-0.39, 0.29) is 5.75 Å². The van der Waals surface area contributed by atoms with Gasteiger partial charge in [0.05, 0.1) is 12.3 Å². The molecule has 0 N–H and O–H groups in total. The summed E-state index contributed by atoms with van der Waals surface area (Å²) < 4.78 is 24.3. The van der Waals surface area contributed by atoms with E-state index in [1.807, 2.05) is 16.9 Å². The Bertz CT molecular complexity index is 441. The van der Waals surface area contributed by atoms with Crippen molar-refractivity contribution in [3.8, 4) is 0 Å². The number of aromatic nitrogens is 2. The minimum Gasteiger partial charge on any atom is -0.298 e. The third kappa shape index (κ3) is 3.81. The molecule has 0 radical (unpaired) electrons. The highest BCUT2D eigenvalue weighted by molar-refractivity contribution is 7.90. The smallest absolute Gasteiger partial charge is 0.148 e. The normalized spacial score (nSPS) is 22.1. The third-order valence-corrected chi connectivity index (χ3v) is 4.13. The van der Waals surface area contributed by atoms with Gasteiger partial charge in [-0.05, 0) is 25.5 Å². The number of rotatable bonds is 5. The monoisotopic (exact) mass is 257 g/mol. The molecule has 0 aromatic carbocycles. The minimum atomic E-state index is -2.86. The summed E-state index contributed by atoms with van der Waals surface area (Å²) in [6.45, 7) is 2.50. The second-order valence-corrected chi connectivity index (χ2v) is 6.95. The Balaban J connectivity index is 1.89. The molecule has 5 nitrogen and oxygen atoms in total. The second kappa shape index (κ2) is 5.18. The molecule has 96 valence electrons. The molecule has 2 heterocycles. The fraction of sp³-hybridized carbons (Fsp3) is 0.727. The molecule has 1 aromatic rings. The SMILES string of the molecule is CS(=O)(=O)CCN1CCC[C@H]1Cn1cccn1. The third-order valence-electron chi connectivity index (χ3n) is 3.21. The van der Waals surface area contributed by atoms with Gasteiger partial charge in [-0.25, -0.2) is 8.42 Å². The van der Waals surface area contributed by atoms with Gasteiger partial charge in [-0.1, -0.05) is 0 Å². The van der Waals surface area contributed by atoms with Crippen molar-refractivity contribution < 1.29 is 8.42 Å². The fourth-order valence-electron chi connectivity index (χ4n) is 2.30. The average molecular weight is 257 g/mol. The van der Waals surface area contributed by atoms with Gasteiger partial charge < -0.3 is 0 Å². The molecule has 0 bridgehead atoms. The highest BCUT2D eigenvalue weighted by Crippen LogP contribution is 2.18. The Morgan fingerprint density at radius 3 is 2.94 bits per heavy atom. The van der Waals surface area contributed by atoms with Crippen LogP contribution in [0.2, 0.25) is 0 Å². The van der Waals surface area contributed by atoms with Gasteiger partial charge in [0.2, 0.25) is 0 Å². The van der Waals surface area contributed by atoms with Crippen molar-refractivity contribution in [3.05, 3.63) is 18.5 Å². The summed E-state index contributed by atoms with van der Waals surface area (Å²) in [5, 5.41) is 4.19. The van der Waals surface area contributed by atoms with E-state index in [1.165, 1.54) is 6.26 Å². The lowest BCUT2D eigenvalue weighted by molar-refractivity contribution is 0.239. The second-order valence-electron chi connectivity index (χ2n) is 4.69. The molecule has 0 aliphatic carbocycles. The molecule has 0 saturated carbocycles. The van der Waals surface area contributed by atoms with Gasteiger partial charge in [0.25, 0.3) is 0 Å². The fourth-order valence-corrected chi connectivity index (χ4v) is 2.87. The van der Waals surface area contributed by atoms with Gasteiger partial charge in [-0.3, -0.25) is 9.58 Å². The summed E-state index contributed by atoms with van der Waals surface area (Å²) in [6.07, 6.45) is 7.30. The Morgan fingerprint density at radius 2 is 2.29 bits per heavy atom. The number of likely N-dealkylation sites (tertiary alicyclic amines) is 1. The summed E-state index contributed by atoms with van der Waals surface area (Å²) in [6, 6.07) is 2.34. The van der Waals surface area contributed by atoms with Gasteiger partial charge in [-0.2, -0.15) is 5.10 Å². The summed E-state index contributed by atoms with van der Waals surface area (Å²) in [7, 11) is -2.86. The van der Waals surface area contributed by atoms with Crippen LogP contribution in [0.4, 0.5) is 0 Å². The summed E-state index contributed by atoms with van der Waals surface area (Å²) >= 11 is 0. The molecule has 1 atom stereocenters. The summed E-state index contributed by atoms with van der Waals surface area (Å²) in [4.78, 5) is 2.27. The lowest BCUT2D eigenvalue weighted by Crippen LogP contribution is -2.36. The first kappa shape index (κ1) is 12.6. The Kier molecular flexibility index (Phi) is 3.83. The van der Waals surface area contributed by atoms with Gasteiger partial charge in [-0.15, -0.1) is 0 Å². The van der Waals surface area contributed by atoms with E-state index in [0.29, 0.717) is 12.6 Å². The maximum atomic E-state index is 11.2. The first-order chi connectivity index (χ1) is 8.04. The van der Waals surface area contributed by atoms with E-state index >= 15 is 0 Å². The number of nitrogens with zero attached hydrogens (tertiary/aromatic N) is 3. The molecule has 0 spiro atoms. The van der Waals surface area contributed by atoms with Crippen LogP contribution in [0.15, 0.2) is 18.5 Å². The predicted octanol–water partition coefficient (Wildman–Crippen LogP) is 0.392. The molecule has 1 aliphatic rings. The molecule has 1 fully saturated rings. The van der Waals surface area contributed by atoms with Crippen LogP contribution in [0.3, 0.4) is 0 Å². The first-order valence-corrected chi connectivity index (χ1v) is 8.00. The standard InChI is InChI=1S/C11H19N3O2S/c1-17(15,16)9-8-13-6-2-4-11(13)10-14-7-3-5-12-14/h3,5,7,11H,2,4,6,8-10H2,1H3/t11-/m0/s1. The summed E-state index contributed by atoms with van der Waals surface area (Å²) in [5.74, 6) is 0.253. The van der Waals surface area contributed by atoms with E-state index in [0.717, 1.165) is 25.9 Å². The van der Waals surface area contributed by atoms with Crippen LogP contribution >= 0.6 is 0 Å². The van der Waals surface area contributed by atoms with E-state index in [2.05, 4.69) is 10.00 Å². The van der Waals surface area contributed by atoms with Crippen LogP contribution in [0.25, 0.3) is 0 Å². The van der Waals surface area contributed by atoms with Crippen molar-refractivity contribution in [1.29, 1.82) is 0 Å². The van der Waals surface area contributed by atoms with E-state index < -0.39 is 9.84 Å². The molecular weight excluding hydrogens is 238 g/mol. The van der Waals surface area contributed by atoms with Crippen molar-refractivity contribution in [2.45, 2.75) is 25.4 Å². The Hall–Kier alpha value is -0.880. The zero-order valence-corrected chi connectivity index (χ0v) is 10.9. The van der Waals surface area contributed by atoms with Crippen molar-refractivity contribution in [3.63, 3.8) is 0 Å². The van der Waals surface area contributed by atoms with Crippen molar-refractivity contribution in [2.24, 2.45) is 0 Å². The van der Waals surface area contributed by atoms with Crippen molar-refractivity contribution in [2.75, 3.05) is 25.1 Å². The number of sulfone groups is 1. The number of hydrogen-bond acceptors (Lipinski definition) is 4. The molecule has 0 amide bonds. The topological polar surface area (TPSA) is 55.2 Å². The van der Waals surface area contributed by atoms with Gasteiger partial charge in [0.1, 0.15) is 9.84 Å². The molecular formula is C11H19N3O2S. The Labute approximate surface area is 102 Å². The molecule has 17 heavy (non-hydrogen) atoms. The van der Waals surface area contributed by atoms with Gasteiger partial charge >= 0.3 is 0 Å². The number of hydrogen-bond donors (Lipinski definition) is 0. The highest BCUT2D eigenvalue weighted by atomic mass is 32.2. The summed E-state index contributed by atoms with van der Waals surface area (Å²) in [5.41, 5.74) is 0. The van der Waals surface area contributed by atoms with Crippen LogP contribution in [-0.2, 0) is 16.4 Å². The van der Waals surface area contributed by atoms with Crippen molar-refractivity contribution >= 4 is 9.84 Å². The highest BCUT2D eigenvalue weighted by Gasteiger charge is 2.25. The molecule has 1 saturated heterocycles. The lowest BCUT2D eigenvalue weighted by Gasteiger charge is -2.23. The van der Waals surface area contributed by atoms with Crippen LogP contribution < -0.4 is 0 Å². The maximum absolute atomic E-state index is 11.2. The molecule has 1 aromatic heterocycles. The quantitative estimate of drug-likeness (QED) is 0.766. The van der Waals surface area contributed by atoms with Crippen LogP contribution in [0.5, 0.6) is 0 Å². The van der Waals surface area contributed by atoms with Gasteiger partial charge in [0, 0.05) is 31.2 Å².